The molecule has 1 saturated carbocycles. The van der Waals surface area contributed by atoms with Gasteiger partial charge in [0.15, 0.2) is 17.2 Å². The van der Waals surface area contributed by atoms with E-state index < -0.39 is 0 Å². The normalized spacial score (nSPS) is 24.5. The van der Waals surface area contributed by atoms with Gasteiger partial charge in [-0.25, -0.2) is 9.97 Å². The number of aryl methyl sites for hydroxylation is 3. The van der Waals surface area contributed by atoms with Gasteiger partial charge in [-0.3, -0.25) is 0 Å². The number of hydrogen-bond acceptors (Lipinski definition) is 7. The number of benzene rings is 4. The van der Waals surface area contributed by atoms with E-state index in [4.69, 9.17) is 14.4 Å². The molecule has 0 bridgehead atoms. The summed E-state index contributed by atoms with van der Waals surface area (Å²) in [6, 6.07) is 28.6. The molecule has 6 aromatic rings. The smallest absolute Gasteiger partial charge is 0.161 e. The van der Waals surface area contributed by atoms with Crippen LogP contribution >= 0.6 is 0 Å². The monoisotopic (exact) mass is 712 g/mol. The number of likely N-dealkylation sites (N-methyl/N-ethyl adjacent to an activating group) is 1. The summed E-state index contributed by atoms with van der Waals surface area (Å²) in [5, 5.41) is 2.41. The predicted octanol–water partition coefficient (Wildman–Crippen LogP) is 10.8. The molecule has 0 saturated heterocycles. The Kier molecular flexibility index (Phi) is 7.17. The van der Waals surface area contributed by atoms with E-state index in [1.807, 2.05) is 6.20 Å². The van der Waals surface area contributed by atoms with Crippen LogP contribution in [0.15, 0.2) is 114 Å². The summed E-state index contributed by atoms with van der Waals surface area (Å²) in [5.41, 5.74) is 12.8. The number of aromatic nitrogens is 2. The third-order valence-corrected chi connectivity index (χ3v) is 13.3. The zero-order valence-corrected chi connectivity index (χ0v) is 32.4. The molecule has 0 spiro atoms. The van der Waals surface area contributed by atoms with Gasteiger partial charge in [0.1, 0.15) is 23.6 Å². The van der Waals surface area contributed by atoms with E-state index >= 15 is 0 Å². The summed E-state index contributed by atoms with van der Waals surface area (Å²) < 4.78 is 6.88. The number of fused-ring (bicyclic) bond motifs is 11. The first-order valence-corrected chi connectivity index (χ1v) is 19.7. The van der Waals surface area contributed by atoms with Crippen LogP contribution in [0.5, 0.6) is 0 Å². The molecule has 7 nitrogen and oxygen atoms in total. The molecule has 1 fully saturated rings. The molecule has 4 unspecified atom stereocenters. The van der Waals surface area contributed by atoms with Gasteiger partial charge in [-0.1, -0.05) is 87.9 Å². The van der Waals surface area contributed by atoms with Gasteiger partial charge in [-0.2, -0.15) is 0 Å². The van der Waals surface area contributed by atoms with Crippen LogP contribution in [-0.4, -0.2) is 41.3 Å². The van der Waals surface area contributed by atoms with Gasteiger partial charge in [0.25, 0.3) is 0 Å². The topological polar surface area (TPSA) is 51.9 Å². The fraction of sp³-hybridized carbons (Fsp3) is 0.319. The lowest BCUT2D eigenvalue weighted by Gasteiger charge is -2.44. The van der Waals surface area contributed by atoms with Gasteiger partial charge >= 0.3 is 0 Å². The van der Waals surface area contributed by atoms with E-state index in [-0.39, 0.29) is 23.2 Å². The second kappa shape index (κ2) is 11.7. The number of anilines is 4. The average Bonchev–Trinajstić information content (AvgIpc) is 3.45. The van der Waals surface area contributed by atoms with Gasteiger partial charge in [-0.15, -0.1) is 0 Å². The van der Waals surface area contributed by atoms with Crippen molar-refractivity contribution in [2.75, 3.05) is 28.8 Å². The first kappa shape index (κ1) is 33.0. The number of nitrogens with zero attached hydrogens (tertiary/aromatic N) is 6. The third kappa shape index (κ3) is 4.13. The molecule has 2 aromatic heterocycles. The lowest BCUT2D eigenvalue weighted by molar-refractivity contribution is 0.194. The predicted molar refractivity (Wildman–Crippen MR) is 221 cm³/mol. The molecule has 4 aromatic carbocycles. The first-order chi connectivity index (χ1) is 26.3. The Hall–Kier alpha value is -5.56. The Morgan fingerprint density at radius 2 is 1.63 bits per heavy atom. The van der Waals surface area contributed by atoms with Crippen molar-refractivity contribution in [2.24, 2.45) is 5.41 Å². The number of para-hydroxylation sites is 1. The fourth-order valence-electron chi connectivity index (χ4n) is 10.8. The standard InChI is InChI=1S/C47H48N6O/c1-8-15-31-20-23-38-34(26-31)33-21-22-35-41(42(33)54-38)52-25-24-50(6)45(52)47(10-3)39(46(35,47)9-2)27-40-51(7)44-37(53(40)36-19-14-12-17-30(36)5)28-48-43(49-44)32-18-13-11-16-29(32)4/h11-14,16-28,40,45H,8-10,15H2,1-7H3. The van der Waals surface area contributed by atoms with E-state index in [0.29, 0.717) is 0 Å². The third-order valence-electron chi connectivity index (χ3n) is 13.3. The lowest BCUT2D eigenvalue weighted by atomic mass is 9.76. The maximum atomic E-state index is 6.88. The maximum Gasteiger partial charge on any atom is 0.161 e. The summed E-state index contributed by atoms with van der Waals surface area (Å²) in [6.07, 6.45) is 13.4. The molecule has 1 aliphatic carbocycles. The minimum atomic E-state index is -0.163. The quantitative estimate of drug-likeness (QED) is 0.153. The van der Waals surface area contributed by atoms with E-state index in [1.54, 1.807) is 0 Å². The highest BCUT2D eigenvalue weighted by Crippen LogP contribution is 2.80. The van der Waals surface area contributed by atoms with Gasteiger partial charge in [0.05, 0.1) is 11.9 Å². The highest BCUT2D eigenvalue weighted by atomic mass is 16.3. The van der Waals surface area contributed by atoms with E-state index in [2.05, 4.69) is 166 Å². The molecular formula is C47H48N6O. The van der Waals surface area contributed by atoms with Crippen molar-refractivity contribution in [2.45, 2.75) is 78.0 Å². The van der Waals surface area contributed by atoms with Crippen LogP contribution < -0.4 is 14.7 Å². The van der Waals surface area contributed by atoms with E-state index in [1.165, 1.54) is 50.0 Å². The number of hydrogen-bond donors (Lipinski definition) is 0. The highest BCUT2D eigenvalue weighted by molar-refractivity contribution is 6.11. The molecule has 0 radical (unpaired) electrons. The molecular weight excluding hydrogens is 665 g/mol. The van der Waals surface area contributed by atoms with E-state index in [9.17, 15) is 0 Å². The Balaban J connectivity index is 1.18. The molecule has 54 heavy (non-hydrogen) atoms. The molecule has 0 N–H and O–H groups in total. The minimum Gasteiger partial charge on any atom is -0.454 e. The molecule has 4 atom stereocenters. The first-order valence-electron chi connectivity index (χ1n) is 19.7. The van der Waals surface area contributed by atoms with Gasteiger partial charge < -0.3 is 24.0 Å². The second-order valence-electron chi connectivity index (χ2n) is 15.8. The van der Waals surface area contributed by atoms with Crippen LogP contribution in [0, 0.1) is 19.3 Å². The van der Waals surface area contributed by atoms with E-state index in [0.717, 1.165) is 59.7 Å². The highest BCUT2D eigenvalue weighted by Gasteiger charge is 2.79. The minimum absolute atomic E-state index is 0.0987. The zero-order chi connectivity index (χ0) is 37.1. The van der Waals surface area contributed by atoms with Crippen molar-refractivity contribution >= 4 is 44.8 Å². The van der Waals surface area contributed by atoms with Crippen molar-refractivity contribution in [1.29, 1.82) is 0 Å². The Morgan fingerprint density at radius 3 is 2.39 bits per heavy atom. The van der Waals surface area contributed by atoms with Gasteiger partial charge in [0, 0.05) is 59.3 Å². The van der Waals surface area contributed by atoms with Crippen molar-refractivity contribution in [1.82, 2.24) is 14.9 Å². The Labute approximate surface area is 318 Å². The van der Waals surface area contributed by atoms with Crippen LogP contribution in [0.2, 0.25) is 0 Å². The van der Waals surface area contributed by atoms with Crippen LogP contribution in [0.4, 0.5) is 22.9 Å². The molecule has 0 amide bonds. The van der Waals surface area contributed by atoms with Gasteiger partial charge in [-0.05, 0) is 85.2 Å². The van der Waals surface area contributed by atoms with Crippen LogP contribution in [-0.2, 0) is 11.8 Å². The van der Waals surface area contributed by atoms with Crippen LogP contribution in [0.3, 0.4) is 0 Å². The second-order valence-corrected chi connectivity index (χ2v) is 15.8. The molecule has 4 aliphatic rings. The van der Waals surface area contributed by atoms with Crippen molar-refractivity contribution in [3.63, 3.8) is 0 Å². The lowest BCUT2D eigenvalue weighted by Crippen LogP contribution is -2.50. The largest absolute Gasteiger partial charge is 0.454 e. The SMILES string of the molecule is CCCc1ccc2oc3c4c(ccc3c2c1)C1(CC)C(=CC2N(C)c3nc(-c5ccccc5C)ncc3N2c2ccccc2C)C1(CC)C1N(C)C=CN41. The summed E-state index contributed by atoms with van der Waals surface area (Å²) in [6.45, 7) is 11.4. The Bertz CT molecular complexity index is 2570. The average molecular weight is 713 g/mol. The molecule has 5 heterocycles. The molecule has 272 valence electrons. The van der Waals surface area contributed by atoms with Crippen molar-refractivity contribution in [3.05, 3.63) is 131 Å². The summed E-state index contributed by atoms with van der Waals surface area (Å²) in [5.74, 6) is 1.70. The number of rotatable bonds is 7. The summed E-state index contributed by atoms with van der Waals surface area (Å²) in [4.78, 5) is 20.1. The molecule has 3 aliphatic heterocycles. The molecule has 7 heteroatoms. The van der Waals surface area contributed by atoms with Crippen LogP contribution in [0.1, 0.15) is 62.3 Å². The Morgan fingerprint density at radius 1 is 0.833 bits per heavy atom. The fourth-order valence-corrected chi connectivity index (χ4v) is 10.8. The summed E-state index contributed by atoms with van der Waals surface area (Å²) in [7, 11) is 4.45. The summed E-state index contributed by atoms with van der Waals surface area (Å²) >= 11 is 0. The molecule has 10 rings (SSSR count). The van der Waals surface area contributed by atoms with Crippen LogP contribution in [0.25, 0.3) is 33.3 Å². The zero-order valence-electron chi connectivity index (χ0n) is 32.4. The number of furan rings is 1. The maximum absolute atomic E-state index is 6.88. The van der Waals surface area contributed by atoms with Crippen molar-refractivity contribution < 1.29 is 4.42 Å². The van der Waals surface area contributed by atoms with Gasteiger partial charge in [0.2, 0.25) is 0 Å². The van der Waals surface area contributed by atoms with Crippen molar-refractivity contribution in [3.8, 4) is 11.4 Å².